The van der Waals surface area contributed by atoms with Gasteiger partial charge in [-0.25, -0.2) is 4.39 Å². The fraction of sp³-hybridized carbons (Fsp3) is 0.208. The molecule has 3 aromatic carbocycles. The molecule has 0 saturated carbocycles. The van der Waals surface area contributed by atoms with Gasteiger partial charge in [0, 0.05) is 23.2 Å². The number of rotatable bonds is 4. The van der Waals surface area contributed by atoms with E-state index in [2.05, 4.69) is 0 Å². The first-order valence-electron chi connectivity index (χ1n) is 9.62. The Labute approximate surface area is 174 Å². The van der Waals surface area contributed by atoms with Gasteiger partial charge in [-0.3, -0.25) is 4.79 Å². The van der Waals surface area contributed by atoms with Crippen LogP contribution in [0.5, 0.6) is 17.2 Å². The lowest BCUT2D eigenvalue weighted by atomic mass is 10.00. The molecular weight excluding hydrogens is 385 g/mol. The second kappa shape index (κ2) is 8.45. The number of nitrogens with zero attached hydrogens (tertiary/aromatic N) is 1. The van der Waals surface area contributed by atoms with Gasteiger partial charge >= 0.3 is 0 Å². The van der Waals surface area contributed by atoms with Crippen molar-refractivity contribution in [2.45, 2.75) is 6.54 Å². The Balaban J connectivity index is 1.73. The van der Waals surface area contributed by atoms with E-state index < -0.39 is 0 Å². The molecule has 0 spiro atoms. The van der Waals surface area contributed by atoms with Gasteiger partial charge in [0.05, 0.1) is 20.8 Å². The number of amides is 1. The number of para-hydroxylation sites is 1. The van der Waals surface area contributed by atoms with Crippen LogP contribution in [0.4, 0.5) is 4.39 Å². The van der Waals surface area contributed by atoms with Crippen molar-refractivity contribution in [1.82, 2.24) is 4.90 Å². The zero-order chi connectivity index (χ0) is 21.1. The predicted octanol–water partition coefficient (Wildman–Crippen LogP) is 4.54. The van der Waals surface area contributed by atoms with Gasteiger partial charge in [-0.05, 0) is 48.0 Å². The molecule has 0 aromatic heterocycles. The highest BCUT2D eigenvalue weighted by atomic mass is 19.1. The Bertz CT molecular complexity index is 1070. The molecule has 0 aliphatic carbocycles. The highest BCUT2D eigenvalue weighted by Crippen LogP contribution is 2.40. The van der Waals surface area contributed by atoms with Gasteiger partial charge in [-0.15, -0.1) is 0 Å². The molecule has 3 aromatic rings. The van der Waals surface area contributed by atoms with Crippen molar-refractivity contribution in [3.05, 3.63) is 77.6 Å². The summed E-state index contributed by atoms with van der Waals surface area (Å²) in [6.07, 6.45) is 0. The van der Waals surface area contributed by atoms with Crippen LogP contribution in [0, 0.1) is 5.82 Å². The minimum atomic E-state index is -0.373. The number of benzene rings is 3. The quantitative estimate of drug-likeness (QED) is 0.637. The van der Waals surface area contributed by atoms with Gasteiger partial charge in [0.2, 0.25) is 0 Å². The Kier molecular flexibility index (Phi) is 5.57. The Morgan fingerprint density at radius 2 is 1.73 bits per heavy atom. The summed E-state index contributed by atoms with van der Waals surface area (Å²) in [6, 6.07) is 17.2. The van der Waals surface area contributed by atoms with E-state index in [9.17, 15) is 9.18 Å². The molecular formula is C24H22FNO4. The minimum Gasteiger partial charge on any atom is -0.496 e. The van der Waals surface area contributed by atoms with Crippen LogP contribution in [0.1, 0.15) is 15.9 Å². The third-order valence-corrected chi connectivity index (χ3v) is 5.12. The second-order valence-corrected chi connectivity index (χ2v) is 6.95. The van der Waals surface area contributed by atoms with Gasteiger partial charge in [0.15, 0.2) is 11.5 Å². The Morgan fingerprint density at radius 1 is 1.00 bits per heavy atom. The zero-order valence-electron chi connectivity index (χ0n) is 16.9. The van der Waals surface area contributed by atoms with Crippen LogP contribution in [-0.4, -0.2) is 38.2 Å². The molecule has 6 heteroatoms. The molecule has 0 radical (unpaired) electrons. The molecule has 0 atom stereocenters. The molecule has 1 aliphatic rings. The van der Waals surface area contributed by atoms with Crippen molar-refractivity contribution < 1.29 is 23.4 Å². The van der Waals surface area contributed by atoms with E-state index in [0.29, 0.717) is 36.8 Å². The molecule has 4 rings (SSSR count). The smallest absolute Gasteiger partial charge is 0.254 e. The molecule has 5 nitrogen and oxygen atoms in total. The number of methoxy groups -OCH3 is 2. The van der Waals surface area contributed by atoms with Crippen molar-refractivity contribution in [2.75, 3.05) is 27.4 Å². The molecule has 1 heterocycles. The summed E-state index contributed by atoms with van der Waals surface area (Å²) in [5, 5.41) is 0. The summed E-state index contributed by atoms with van der Waals surface area (Å²) in [5.74, 6) is 1.43. The molecule has 0 fully saturated rings. The number of halogens is 1. The fourth-order valence-electron chi connectivity index (χ4n) is 3.62. The summed E-state index contributed by atoms with van der Waals surface area (Å²) >= 11 is 0. The maximum Gasteiger partial charge on any atom is 0.254 e. The molecule has 1 aliphatic heterocycles. The Hall–Kier alpha value is -3.54. The van der Waals surface area contributed by atoms with Crippen LogP contribution in [0.15, 0.2) is 60.7 Å². The van der Waals surface area contributed by atoms with Gasteiger partial charge < -0.3 is 19.1 Å². The fourth-order valence-corrected chi connectivity index (χ4v) is 3.62. The molecule has 1 amide bonds. The first kappa shape index (κ1) is 19.8. The third kappa shape index (κ3) is 3.81. The largest absolute Gasteiger partial charge is 0.496 e. The minimum absolute atomic E-state index is 0.173. The van der Waals surface area contributed by atoms with Crippen molar-refractivity contribution in [2.24, 2.45) is 0 Å². The highest BCUT2D eigenvalue weighted by molar-refractivity contribution is 5.94. The van der Waals surface area contributed by atoms with Crippen molar-refractivity contribution >= 4 is 5.91 Å². The van der Waals surface area contributed by atoms with E-state index in [4.69, 9.17) is 14.2 Å². The average molecular weight is 407 g/mol. The van der Waals surface area contributed by atoms with Gasteiger partial charge in [-0.1, -0.05) is 18.2 Å². The SMILES string of the molecule is COc1ccccc1-c1cc2c(c(OC)c1)OCCN(C(=O)c1ccc(F)cc1)C2. The van der Waals surface area contributed by atoms with Crippen LogP contribution in [0.25, 0.3) is 11.1 Å². The van der Waals surface area contributed by atoms with E-state index in [1.54, 1.807) is 19.1 Å². The molecule has 0 unspecified atom stereocenters. The standard InChI is InChI=1S/C24H22FNO4/c1-28-21-6-4-3-5-20(21)17-13-18-15-26(11-12-30-23(18)22(14-17)29-2)24(27)16-7-9-19(25)10-8-16/h3-10,13-14H,11-12,15H2,1-2H3. The second-order valence-electron chi connectivity index (χ2n) is 6.95. The lowest BCUT2D eigenvalue weighted by molar-refractivity contribution is 0.0733. The summed E-state index contributed by atoms with van der Waals surface area (Å²) in [6.45, 7) is 1.10. The first-order valence-corrected chi connectivity index (χ1v) is 9.62. The molecule has 0 bridgehead atoms. The predicted molar refractivity (Wildman–Crippen MR) is 112 cm³/mol. The summed E-state index contributed by atoms with van der Waals surface area (Å²) in [7, 11) is 3.23. The topological polar surface area (TPSA) is 48.0 Å². The van der Waals surface area contributed by atoms with E-state index in [0.717, 1.165) is 22.4 Å². The first-order chi connectivity index (χ1) is 14.6. The monoisotopic (exact) mass is 407 g/mol. The van der Waals surface area contributed by atoms with Crippen molar-refractivity contribution in [3.8, 4) is 28.4 Å². The van der Waals surface area contributed by atoms with Crippen LogP contribution in [0.3, 0.4) is 0 Å². The third-order valence-electron chi connectivity index (χ3n) is 5.12. The Morgan fingerprint density at radius 3 is 2.47 bits per heavy atom. The number of carbonyl (C=O) groups excluding carboxylic acids is 1. The van der Waals surface area contributed by atoms with E-state index in [1.165, 1.54) is 24.3 Å². The molecule has 30 heavy (non-hydrogen) atoms. The van der Waals surface area contributed by atoms with Crippen LogP contribution >= 0.6 is 0 Å². The lowest BCUT2D eigenvalue weighted by Crippen LogP contribution is -2.32. The van der Waals surface area contributed by atoms with Crippen LogP contribution < -0.4 is 14.2 Å². The van der Waals surface area contributed by atoms with E-state index >= 15 is 0 Å². The van der Waals surface area contributed by atoms with Crippen LogP contribution in [-0.2, 0) is 6.54 Å². The van der Waals surface area contributed by atoms with Gasteiger partial charge in [-0.2, -0.15) is 0 Å². The number of fused-ring (bicyclic) bond motifs is 1. The number of hydrogen-bond acceptors (Lipinski definition) is 4. The number of carbonyl (C=O) groups is 1. The summed E-state index contributed by atoms with van der Waals surface area (Å²) in [4.78, 5) is 14.7. The van der Waals surface area contributed by atoms with Crippen molar-refractivity contribution in [1.29, 1.82) is 0 Å². The summed E-state index contributed by atoms with van der Waals surface area (Å²) < 4.78 is 30.3. The zero-order valence-corrected chi connectivity index (χ0v) is 16.9. The van der Waals surface area contributed by atoms with Gasteiger partial charge in [0.1, 0.15) is 18.2 Å². The molecule has 0 N–H and O–H groups in total. The number of hydrogen-bond donors (Lipinski definition) is 0. The maximum atomic E-state index is 13.2. The maximum absolute atomic E-state index is 13.2. The van der Waals surface area contributed by atoms with Gasteiger partial charge in [0.25, 0.3) is 5.91 Å². The normalized spacial score (nSPS) is 13.1. The van der Waals surface area contributed by atoms with E-state index in [-0.39, 0.29) is 11.7 Å². The average Bonchev–Trinajstić information content (AvgIpc) is 3.01. The van der Waals surface area contributed by atoms with Crippen LogP contribution in [0.2, 0.25) is 0 Å². The lowest BCUT2D eigenvalue weighted by Gasteiger charge is -2.20. The molecule has 0 saturated heterocycles. The molecule has 154 valence electrons. The van der Waals surface area contributed by atoms with E-state index in [1.807, 2.05) is 36.4 Å². The summed E-state index contributed by atoms with van der Waals surface area (Å²) in [5.41, 5.74) is 3.10. The highest BCUT2D eigenvalue weighted by Gasteiger charge is 2.24. The number of ether oxygens (including phenoxy) is 3. The van der Waals surface area contributed by atoms with Crippen molar-refractivity contribution in [3.63, 3.8) is 0 Å².